The molecule has 6 nitrogen and oxygen atoms in total. The molecule has 0 atom stereocenters. The first-order valence-corrected chi connectivity index (χ1v) is 7.90. The standard InChI is InChI=1S/C16H17N3O3S/c1-3-22-13-7-5-4-6-12(13)18-15(20)16(21)19-17-10-14-11(2)8-9-23-14/h4-10H,3H2,1-2H3,(H,18,20)(H,19,21)/b17-10+. The first-order chi connectivity index (χ1) is 11.1. The van der Waals surface area contributed by atoms with Gasteiger partial charge >= 0.3 is 11.8 Å². The number of hydrazone groups is 1. The highest BCUT2D eigenvalue weighted by Crippen LogP contribution is 2.23. The number of benzene rings is 1. The predicted molar refractivity (Wildman–Crippen MR) is 91.0 cm³/mol. The SMILES string of the molecule is CCOc1ccccc1NC(=O)C(=O)N/N=C/c1sccc1C. The molecule has 1 aromatic heterocycles. The third kappa shape index (κ3) is 4.65. The second kappa shape index (κ2) is 8.09. The molecule has 0 saturated heterocycles. The Morgan fingerprint density at radius 2 is 2.04 bits per heavy atom. The van der Waals surface area contributed by atoms with Crippen LogP contribution in [-0.2, 0) is 9.59 Å². The molecule has 2 aromatic rings. The first-order valence-electron chi connectivity index (χ1n) is 7.02. The van der Waals surface area contributed by atoms with Crippen molar-refractivity contribution in [3.05, 3.63) is 46.2 Å². The second-order valence-corrected chi connectivity index (χ2v) is 5.50. The predicted octanol–water partition coefficient (Wildman–Crippen LogP) is 2.54. The van der Waals surface area contributed by atoms with Crippen molar-refractivity contribution >= 4 is 35.1 Å². The van der Waals surface area contributed by atoms with Crippen molar-refractivity contribution in [1.29, 1.82) is 0 Å². The number of nitrogens with zero attached hydrogens (tertiary/aromatic N) is 1. The zero-order valence-corrected chi connectivity index (χ0v) is 13.6. The molecule has 2 rings (SSSR count). The van der Waals surface area contributed by atoms with E-state index in [-0.39, 0.29) is 0 Å². The van der Waals surface area contributed by atoms with Crippen LogP contribution in [0.2, 0.25) is 0 Å². The molecule has 0 saturated carbocycles. The summed E-state index contributed by atoms with van der Waals surface area (Å²) < 4.78 is 5.39. The van der Waals surface area contributed by atoms with Crippen molar-refractivity contribution < 1.29 is 14.3 Å². The van der Waals surface area contributed by atoms with Crippen LogP contribution in [0.4, 0.5) is 5.69 Å². The summed E-state index contributed by atoms with van der Waals surface area (Å²) in [4.78, 5) is 24.6. The number of ether oxygens (including phenoxy) is 1. The normalized spacial score (nSPS) is 10.5. The van der Waals surface area contributed by atoms with Crippen LogP contribution in [0.15, 0.2) is 40.8 Å². The minimum atomic E-state index is -0.846. The summed E-state index contributed by atoms with van der Waals surface area (Å²) in [5, 5.41) is 8.22. The summed E-state index contributed by atoms with van der Waals surface area (Å²) in [5.74, 6) is -1.15. The van der Waals surface area contributed by atoms with Crippen LogP contribution in [0, 0.1) is 6.92 Å². The van der Waals surface area contributed by atoms with Crippen LogP contribution in [0.5, 0.6) is 5.75 Å². The van der Waals surface area contributed by atoms with Gasteiger partial charge in [0.25, 0.3) is 0 Å². The minimum absolute atomic E-state index is 0.438. The van der Waals surface area contributed by atoms with Crippen LogP contribution in [0.1, 0.15) is 17.4 Å². The number of nitrogens with one attached hydrogen (secondary N) is 2. The zero-order chi connectivity index (χ0) is 16.7. The number of aryl methyl sites for hydroxylation is 1. The Kier molecular flexibility index (Phi) is 5.87. The summed E-state index contributed by atoms with van der Waals surface area (Å²) in [5.41, 5.74) is 3.70. The second-order valence-electron chi connectivity index (χ2n) is 4.55. The Hall–Kier alpha value is -2.67. The zero-order valence-electron chi connectivity index (χ0n) is 12.8. The molecule has 0 fully saturated rings. The summed E-state index contributed by atoms with van der Waals surface area (Å²) in [6, 6.07) is 8.86. The van der Waals surface area contributed by atoms with Crippen molar-refractivity contribution in [2.24, 2.45) is 5.10 Å². The molecule has 0 unspecified atom stereocenters. The minimum Gasteiger partial charge on any atom is -0.492 e. The molecule has 0 bridgehead atoms. The van der Waals surface area contributed by atoms with E-state index in [0.29, 0.717) is 18.0 Å². The largest absolute Gasteiger partial charge is 0.492 e. The molecule has 23 heavy (non-hydrogen) atoms. The fourth-order valence-electron chi connectivity index (χ4n) is 1.75. The van der Waals surface area contributed by atoms with Gasteiger partial charge in [-0.1, -0.05) is 12.1 Å². The number of carbonyl (C=O) groups excluding carboxylic acids is 2. The van der Waals surface area contributed by atoms with E-state index in [1.54, 1.807) is 24.3 Å². The molecule has 2 amide bonds. The van der Waals surface area contributed by atoms with Gasteiger partial charge in [-0.25, -0.2) is 5.43 Å². The van der Waals surface area contributed by atoms with Gasteiger partial charge < -0.3 is 10.1 Å². The third-order valence-electron chi connectivity index (χ3n) is 2.89. The highest BCUT2D eigenvalue weighted by atomic mass is 32.1. The molecule has 0 radical (unpaired) electrons. The van der Waals surface area contributed by atoms with E-state index in [0.717, 1.165) is 10.4 Å². The highest BCUT2D eigenvalue weighted by Gasteiger charge is 2.15. The van der Waals surface area contributed by atoms with E-state index in [1.165, 1.54) is 17.6 Å². The van der Waals surface area contributed by atoms with Crippen molar-refractivity contribution in [2.45, 2.75) is 13.8 Å². The van der Waals surface area contributed by atoms with Crippen LogP contribution in [0.3, 0.4) is 0 Å². The van der Waals surface area contributed by atoms with Crippen molar-refractivity contribution in [1.82, 2.24) is 5.43 Å². The van der Waals surface area contributed by atoms with Gasteiger partial charge in [0.15, 0.2) is 0 Å². The molecule has 1 heterocycles. The van der Waals surface area contributed by atoms with Crippen molar-refractivity contribution in [3.63, 3.8) is 0 Å². The average Bonchev–Trinajstić information content (AvgIpc) is 2.94. The summed E-state index contributed by atoms with van der Waals surface area (Å²) >= 11 is 1.50. The van der Waals surface area contributed by atoms with Crippen LogP contribution in [-0.4, -0.2) is 24.6 Å². The van der Waals surface area contributed by atoms with Crippen molar-refractivity contribution in [2.75, 3.05) is 11.9 Å². The fraction of sp³-hybridized carbons (Fsp3) is 0.188. The lowest BCUT2D eigenvalue weighted by molar-refractivity contribution is -0.136. The fourth-order valence-corrected chi connectivity index (χ4v) is 2.53. The Labute approximate surface area is 138 Å². The maximum Gasteiger partial charge on any atom is 0.329 e. The van der Waals surface area contributed by atoms with Gasteiger partial charge in [-0.3, -0.25) is 9.59 Å². The first kappa shape index (κ1) is 16.7. The molecule has 2 N–H and O–H groups in total. The lowest BCUT2D eigenvalue weighted by Crippen LogP contribution is -2.32. The number of rotatable bonds is 5. The highest BCUT2D eigenvalue weighted by molar-refractivity contribution is 7.11. The number of anilines is 1. The Morgan fingerprint density at radius 1 is 1.26 bits per heavy atom. The van der Waals surface area contributed by atoms with Crippen LogP contribution < -0.4 is 15.5 Å². The molecule has 7 heteroatoms. The number of amides is 2. The number of hydrogen-bond acceptors (Lipinski definition) is 5. The molecule has 1 aromatic carbocycles. The van der Waals surface area contributed by atoms with E-state index in [9.17, 15) is 9.59 Å². The number of para-hydroxylation sites is 2. The summed E-state index contributed by atoms with van der Waals surface area (Å²) in [7, 11) is 0. The summed E-state index contributed by atoms with van der Waals surface area (Å²) in [6.07, 6.45) is 1.51. The number of thiophene rings is 1. The third-order valence-corrected chi connectivity index (χ3v) is 3.84. The van der Waals surface area contributed by atoms with Crippen LogP contribution >= 0.6 is 11.3 Å². The lowest BCUT2D eigenvalue weighted by Gasteiger charge is -2.10. The summed E-state index contributed by atoms with van der Waals surface area (Å²) in [6.45, 7) is 4.24. The number of carbonyl (C=O) groups is 2. The topological polar surface area (TPSA) is 79.8 Å². The molecule has 0 aliphatic heterocycles. The van der Waals surface area contributed by atoms with E-state index in [4.69, 9.17) is 4.74 Å². The van der Waals surface area contributed by atoms with Crippen LogP contribution in [0.25, 0.3) is 0 Å². The van der Waals surface area contributed by atoms with E-state index in [1.807, 2.05) is 25.3 Å². The Balaban J connectivity index is 1.94. The molecule has 120 valence electrons. The quantitative estimate of drug-likeness (QED) is 0.502. The molecule has 0 spiro atoms. The van der Waals surface area contributed by atoms with Gasteiger partial charge in [-0.2, -0.15) is 5.10 Å². The van der Waals surface area contributed by atoms with Gasteiger partial charge in [-0.15, -0.1) is 11.3 Å². The number of hydrogen-bond donors (Lipinski definition) is 2. The Bertz CT molecular complexity index is 725. The van der Waals surface area contributed by atoms with Gasteiger partial charge in [0.1, 0.15) is 5.75 Å². The van der Waals surface area contributed by atoms with Crippen molar-refractivity contribution in [3.8, 4) is 5.75 Å². The van der Waals surface area contributed by atoms with E-state index in [2.05, 4.69) is 15.8 Å². The monoisotopic (exact) mass is 331 g/mol. The van der Waals surface area contributed by atoms with E-state index >= 15 is 0 Å². The lowest BCUT2D eigenvalue weighted by atomic mass is 10.3. The Morgan fingerprint density at radius 3 is 2.74 bits per heavy atom. The van der Waals surface area contributed by atoms with Gasteiger partial charge in [-0.05, 0) is 43.0 Å². The maximum atomic E-state index is 11.9. The molecule has 0 aliphatic carbocycles. The molecular formula is C16H17N3O3S. The van der Waals surface area contributed by atoms with Gasteiger partial charge in [0, 0.05) is 4.88 Å². The van der Waals surface area contributed by atoms with E-state index < -0.39 is 11.8 Å². The average molecular weight is 331 g/mol. The molecular weight excluding hydrogens is 314 g/mol. The molecule has 0 aliphatic rings. The van der Waals surface area contributed by atoms with Gasteiger partial charge in [0.2, 0.25) is 0 Å². The smallest absolute Gasteiger partial charge is 0.329 e. The van der Waals surface area contributed by atoms with Gasteiger partial charge in [0.05, 0.1) is 18.5 Å². The maximum absolute atomic E-state index is 11.9.